The molecule has 0 saturated heterocycles. The molecule has 0 atom stereocenters. The van der Waals surface area contributed by atoms with Gasteiger partial charge in [-0.25, -0.2) is 4.98 Å². The Morgan fingerprint density at radius 2 is 2.45 bits per heavy atom. The van der Waals surface area contributed by atoms with Crippen LogP contribution in [0.15, 0.2) is 12.3 Å². The van der Waals surface area contributed by atoms with E-state index in [9.17, 15) is 0 Å². The molecule has 3 nitrogen and oxygen atoms in total. The van der Waals surface area contributed by atoms with Gasteiger partial charge in [0.05, 0.1) is 12.2 Å². The Labute approximate surface area is 64.9 Å². The fraction of sp³-hybridized carbons (Fsp3) is 0.125. The molecule has 0 spiro atoms. The summed E-state index contributed by atoms with van der Waals surface area (Å²) in [6.07, 6.45) is 6.62. The molecule has 0 amide bonds. The molecule has 0 bridgehead atoms. The summed E-state index contributed by atoms with van der Waals surface area (Å²) >= 11 is 0. The van der Waals surface area contributed by atoms with Crippen molar-refractivity contribution in [1.82, 2.24) is 4.98 Å². The summed E-state index contributed by atoms with van der Waals surface area (Å²) in [5.74, 6) is 2.70. The van der Waals surface area contributed by atoms with Crippen LogP contribution in [0.4, 0.5) is 5.82 Å². The zero-order chi connectivity index (χ0) is 8.27. The van der Waals surface area contributed by atoms with E-state index >= 15 is 0 Å². The number of pyridine rings is 1. The molecule has 3 heteroatoms. The predicted molar refractivity (Wildman–Crippen MR) is 42.5 cm³/mol. The summed E-state index contributed by atoms with van der Waals surface area (Å²) < 4.78 is 0. The first-order chi connectivity index (χ1) is 5.27. The van der Waals surface area contributed by atoms with E-state index in [2.05, 4.69) is 10.9 Å². The zero-order valence-electron chi connectivity index (χ0n) is 5.91. The number of terminal acetylenes is 1. The molecule has 0 aliphatic heterocycles. The van der Waals surface area contributed by atoms with Crippen molar-refractivity contribution in [2.24, 2.45) is 0 Å². The fourth-order valence-electron chi connectivity index (χ4n) is 0.721. The summed E-state index contributed by atoms with van der Waals surface area (Å²) in [5, 5.41) is 8.70. The van der Waals surface area contributed by atoms with Crippen molar-refractivity contribution < 1.29 is 5.11 Å². The van der Waals surface area contributed by atoms with Gasteiger partial charge in [-0.2, -0.15) is 0 Å². The largest absolute Gasteiger partial charge is 0.392 e. The van der Waals surface area contributed by atoms with Gasteiger partial charge in [-0.15, -0.1) is 6.42 Å². The summed E-state index contributed by atoms with van der Waals surface area (Å²) in [6.45, 7) is -0.0675. The highest BCUT2D eigenvalue weighted by Gasteiger charge is 1.97. The van der Waals surface area contributed by atoms with Gasteiger partial charge in [-0.3, -0.25) is 0 Å². The molecule has 1 aromatic heterocycles. The summed E-state index contributed by atoms with van der Waals surface area (Å²) in [5.41, 5.74) is 6.62. The topological polar surface area (TPSA) is 59.1 Å². The average Bonchev–Trinajstić information content (AvgIpc) is 2.05. The highest BCUT2D eigenvalue weighted by Crippen LogP contribution is 2.08. The quantitative estimate of drug-likeness (QED) is 0.557. The number of hydrogen-bond acceptors (Lipinski definition) is 3. The molecule has 0 aliphatic rings. The second-order valence-electron chi connectivity index (χ2n) is 2.08. The molecule has 1 rings (SSSR count). The standard InChI is InChI=1S/C8H8N2O/c1-2-7-3-6(5-11)4-10-8(7)9/h1,3-4,11H,5H2,(H2,9,10). The maximum atomic E-state index is 8.70. The zero-order valence-corrected chi connectivity index (χ0v) is 5.91. The molecule has 0 fully saturated rings. The smallest absolute Gasteiger partial charge is 0.139 e. The summed E-state index contributed by atoms with van der Waals surface area (Å²) in [4.78, 5) is 3.80. The number of nitrogen functional groups attached to an aromatic ring is 1. The van der Waals surface area contributed by atoms with Gasteiger partial charge >= 0.3 is 0 Å². The van der Waals surface area contributed by atoms with E-state index in [1.807, 2.05) is 0 Å². The Morgan fingerprint density at radius 1 is 1.73 bits per heavy atom. The van der Waals surface area contributed by atoms with Gasteiger partial charge in [-0.05, 0) is 11.6 Å². The molecule has 1 heterocycles. The van der Waals surface area contributed by atoms with E-state index in [0.717, 1.165) is 0 Å². The van der Waals surface area contributed by atoms with Crippen LogP contribution in [-0.2, 0) is 6.61 Å². The normalized spacial score (nSPS) is 9.09. The number of nitrogens with two attached hydrogens (primary N) is 1. The lowest BCUT2D eigenvalue weighted by molar-refractivity contribution is 0.281. The number of rotatable bonds is 1. The summed E-state index contributed by atoms with van der Waals surface area (Å²) in [7, 11) is 0. The average molecular weight is 148 g/mol. The number of aromatic nitrogens is 1. The monoisotopic (exact) mass is 148 g/mol. The molecule has 0 aromatic carbocycles. The number of aliphatic hydroxyl groups excluding tert-OH is 1. The SMILES string of the molecule is C#Cc1cc(CO)cnc1N. The highest BCUT2D eigenvalue weighted by atomic mass is 16.3. The van der Waals surface area contributed by atoms with Gasteiger partial charge in [0, 0.05) is 6.20 Å². The molecule has 1 aromatic rings. The van der Waals surface area contributed by atoms with Crippen molar-refractivity contribution in [3.8, 4) is 12.3 Å². The highest BCUT2D eigenvalue weighted by molar-refractivity contribution is 5.50. The van der Waals surface area contributed by atoms with Gasteiger partial charge < -0.3 is 10.8 Å². The Morgan fingerprint density at radius 3 is 3.00 bits per heavy atom. The Kier molecular flexibility index (Phi) is 2.09. The van der Waals surface area contributed by atoms with Gasteiger partial charge in [0.15, 0.2) is 0 Å². The van der Waals surface area contributed by atoms with Crippen LogP contribution in [0.25, 0.3) is 0 Å². The van der Waals surface area contributed by atoms with Crippen molar-refractivity contribution in [1.29, 1.82) is 0 Å². The molecular weight excluding hydrogens is 140 g/mol. The van der Waals surface area contributed by atoms with Gasteiger partial charge in [0.1, 0.15) is 5.82 Å². The lowest BCUT2D eigenvalue weighted by Crippen LogP contribution is -1.96. The summed E-state index contributed by atoms with van der Waals surface area (Å²) in [6, 6.07) is 1.64. The molecular formula is C8H8N2O. The van der Waals surface area contributed by atoms with Crippen molar-refractivity contribution in [3.05, 3.63) is 23.4 Å². The lowest BCUT2D eigenvalue weighted by atomic mass is 10.2. The van der Waals surface area contributed by atoms with E-state index in [1.165, 1.54) is 6.20 Å². The van der Waals surface area contributed by atoms with Gasteiger partial charge in [0.25, 0.3) is 0 Å². The Hall–Kier alpha value is -1.53. The molecule has 3 N–H and O–H groups in total. The second-order valence-corrected chi connectivity index (χ2v) is 2.08. The third-order valence-electron chi connectivity index (χ3n) is 1.31. The molecule has 11 heavy (non-hydrogen) atoms. The number of anilines is 1. The Balaban J connectivity index is 3.15. The number of hydrogen-bond donors (Lipinski definition) is 2. The van der Waals surface area contributed by atoms with Gasteiger partial charge in [-0.1, -0.05) is 5.92 Å². The second kappa shape index (κ2) is 3.04. The van der Waals surface area contributed by atoms with Crippen molar-refractivity contribution in [2.45, 2.75) is 6.61 Å². The minimum atomic E-state index is -0.0675. The minimum absolute atomic E-state index is 0.0675. The first-order valence-corrected chi connectivity index (χ1v) is 3.09. The maximum Gasteiger partial charge on any atom is 0.139 e. The van der Waals surface area contributed by atoms with Crippen LogP contribution in [-0.4, -0.2) is 10.1 Å². The predicted octanol–water partition coefficient (Wildman–Crippen LogP) is 0.137. The number of nitrogens with zero attached hydrogens (tertiary/aromatic N) is 1. The molecule has 0 radical (unpaired) electrons. The van der Waals surface area contributed by atoms with Crippen LogP contribution in [0.5, 0.6) is 0 Å². The van der Waals surface area contributed by atoms with E-state index in [1.54, 1.807) is 6.07 Å². The van der Waals surface area contributed by atoms with Crippen molar-refractivity contribution in [3.63, 3.8) is 0 Å². The van der Waals surface area contributed by atoms with Crippen LogP contribution >= 0.6 is 0 Å². The van der Waals surface area contributed by atoms with Crippen molar-refractivity contribution in [2.75, 3.05) is 5.73 Å². The van der Waals surface area contributed by atoms with E-state index < -0.39 is 0 Å². The van der Waals surface area contributed by atoms with Crippen LogP contribution in [0, 0.1) is 12.3 Å². The van der Waals surface area contributed by atoms with E-state index in [0.29, 0.717) is 16.9 Å². The van der Waals surface area contributed by atoms with Crippen LogP contribution in [0.2, 0.25) is 0 Å². The minimum Gasteiger partial charge on any atom is -0.392 e. The van der Waals surface area contributed by atoms with E-state index in [4.69, 9.17) is 17.3 Å². The first kappa shape index (κ1) is 7.58. The third kappa shape index (κ3) is 1.48. The first-order valence-electron chi connectivity index (χ1n) is 3.09. The molecule has 0 aliphatic carbocycles. The maximum absolute atomic E-state index is 8.70. The fourth-order valence-corrected chi connectivity index (χ4v) is 0.721. The lowest BCUT2D eigenvalue weighted by Gasteiger charge is -1.98. The van der Waals surface area contributed by atoms with Crippen molar-refractivity contribution >= 4 is 5.82 Å². The van der Waals surface area contributed by atoms with E-state index in [-0.39, 0.29) is 6.61 Å². The molecule has 0 saturated carbocycles. The third-order valence-corrected chi connectivity index (χ3v) is 1.31. The van der Waals surface area contributed by atoms with Crippen LogP contribution < -0.4 is 5.73 Å². The number of aliphatic hydroxyl groups is 1. The van der Waals surface area contributed by atoms with Crippen LogP contribution in [0.3, 0.4) is 0 Å². The van der Waals surface area contributed by atoms with Crippen LogP contribution in [0.1, 0.15) is 11.1 Å². The van der Waals surface area contributed by atoms with Gasteiger partial charge in [0.2, 0.25) is 0 Å². The molecule has 0 unspecified atom stereocenters. The Bertz CT molecular complexity index is 301. The molecule has 56 valence electrons.